The van der Waals surface area contributed by atoms with Gasteiger partial charge in [0.05, 0.1) is 107 Å². The minimum absolute atomic E-state index is 0.0374. The van der Waals surface area contributed by atoms with Crippen LogP contribution >= 0.6 is 0 Å². The molecule has 0 aliphatic rings. The maximum absolute atomic E-state index is 11.9. The molecule has 224 valence electrons. The van der Waals surface area contributed by atoms with Crippen molar-refractivity contribution in [2.45, 2.75) is 6.42 Å². The van der Waals surface area contributed by atoms with Gasteiger partial charge >= 0.3 is 5.97 Å². The van der Waals surface area contributed by atoms with Crippen LogP contribution in [0.5, 0.6) is 0 Å². The number of nitrogens with one attached hydrogen (secondary N) is 2. The number of nitrogens with zero attached hydrogens (tertiary/aromatic N) is 1. The van der Waals surface area contributed by atoms with Crippen LogP contribution in [0.4, 0.5) is 0 Å². The summed E-state index contributed by atoms with van der Waals surface area (Å²) in [6, 6.07) is 0. The van der Waals surface area contributed by atoms with E-state index in [1.807, 2.05) is 0 Å². The molecule has 14 heteroatoms. The summed E-state index contributed by atoms with van der Waals surface area (Å²) in [5.74, 6) is -0.712. The van der Waals surface area contributed by atoms with E-state index in [0.29, 0.717) is 83.6 Å². The summed E-state index contributed by atoms with van der Waals surface area (Å²) in [4.78, 5) is 34.5. The molecule has 0 aromatic rings. The number of esters is 1. The van der Waals surface area contributed by atoms with Crippen LogP contribution in [-0.4, -0.2) is 155 Å². The number of amides is 2. The standard InChI is InChI=1S/C24H48N4O10/c1-28(2,9-13-36-15-14-33-10-4-24(31)32-3)8-6-26-22(29)20-38-19-17-35-12-7-27-23(30)21-37-18-16-34-11-5-25/h4-21,25H2,1-3H3,(H-,26,27,29,30)/p+1. The highest BCUT2D eigenvalue weighted by molar-refractivity contribution is 5.77. The van der Waals surface area contributed by atoms with Crippen molar-refractivity contribution < 1.29 is 52.0 Å². The molecule has 0 spiro atoms. The van der Waals surface area contributed by atoms with E-state index in [0.717, 1.165) is 13.1 Å². The molecular formula is C24H49N4O10+. The van der Waals surface area contributed by atoms with Crippen molar-refractivity contribution in [3.63, 3.8) is 0 Å². The molecular weight excluding hydrogens is 504 g/mol. The highest BCUT2D eigenvalue weighted by atomic mass is 16.5. The Morgan fingerprint density at radius 1 is 0.632 bits per heavy atom. The number of quaternary nitrogens is 1. The maximum Gasteiger partial charge on any atom is 0.307 e. The van der Waals surface area contributed by atoms with E-state index in [1.54, 1.807) is 0 Å². The molecule has 0 radical (unpaired) electrons. The fourth-order valence-electron chi connectivity index (χ4n) is 2.72. The lowest BCUT2D eigenvalue weighted by atomic mass is 10.4. The first kappa shape index (κ1) is 36.1. The van der Waals surface area contributed by atoms with Crippen LogP contribution in [0.25, 0.3) is 0 Å². The molecule has 0 heterocycles. The molecule has 0 aromatic heterocycles. The highest BCUT2D eigenvalue weighted by Gasteiger charge is 2.15. The summed E-state index contributed by atoms with van der Waals surface area (Å²) in [6.07, 6.45) is 0.233. The summed E-state index contributed by atoms with van der Waals surface area (Å²) < 4.78 is 37.1. The average Bonchev–Trinajstić information content (AvgIpc) is 2.88. The monoisotopic (exact) mass is 553 g/mol. The second kappa shape index (κ2) is 25.4. The molecule has 0 aliphatic heterocycles. The van der Waals surface area contributed by atoms with Gasteiger partial charge in [-0.05, 0) is 0 Å². The minimum Gasteiger partial charge on any atom is -0.469 e. The first-order valence-corrected chi connectivity index (χ1v) is 12.9. The van der Waals surface area contributed by atoms with Crippen LogP contribution in [0.1, 0.15) is 6.42 Å². The Bertz CT molecular complexity index is 611. The van der Waals surface area contributed by atoms with Gasteiger partial charge in [-0.1, -0.05) is 0 Å². The Balaban J connectivity index is 3.51. The molecule has 0 bridgehead atoms. The van der Waals surface area contributed by atoms with Gasteiger partial charge in [0.25, 0.3) is 0 Å². The Hall–Kier alpha value is -1.91. The van der Waals surface area contributed by atoms with Crippen LogP contribution in [0, 0.1) is 0 Å². The first-order chi connectivity index (χ1) is 18.3. The number of carbonyl (C=O) groups excluding carboxylic acids is 3. The third-order valence-corrected chi connectivity index (χ3v) is 4.97. The van der Waals surface area contributed by atoms with E-state index in [4.69, 9.17) is 34.2 Å². The van der Waals surface area contributed by atoms with Crippen molar-refractivity contribution in [3.8, 4) is 0 Å². The SMILES string of the molecule is COC(=O)CCOCCOCC[N+](C)(C)CCNC(=O)COCCOCCNC(=O)COCCOCCN. The van der Waals surface area contributed by atoms with Crippen LogP contribution in [-0.2, 0) is 47.5 Å². The predicted molar refractivity (Wildman–Crippen MR) is 138 cm³/mol. The molecule has 2 amide bonds. The number of methoxy groups -OCH3 is 1. The minimum atomic E-state index is -0.295. The van der Waals surface area contributed by atoms with Gasteiger partial charge in [0.2, 0.25) is 11.8 Å². The van der Waals surface area contributed by atoms with Crippen molar-refractivity contribution in [1.82, 2.24) is 10.6 Å². The highest BCUT2D eigenvalue weighted by Crippen LogP contribution is 1.96. The normalized spacial score (nSPS) is 11.4. The molecule has 38 heavy (non-hydrogen) atoms. The second-order valence-corrected chi connectivity index (χ2v) is 8.75. The van der Waals surface area contributed by atoms with Crippen molar-refractivity contribution in [2.75, 3.05) is 133 Å². The largest absolute Gasteiger partial charge is 0.469 e. The lowest BCUT2D eigenvalue weighted by molar-refractivity contribution is -0.889. The lowest BCUT2D eigenvalue weighted by Gasteiger charge is -2.29. The molecule has 0 aromatic carbocycles. The summed E-state index contributed by atoms with van der Waals surface area (Å²) in [5, 5.41) is 5.52. The number of nitrogens with two attached hydrogens (primary N) is 1. The number of likely N-dealkylation sites (N-methyl/N-ethyl adjacent to an activating group) is 1. The first-order valence-electron chi connectivity index (χ1n) is 12.9. The molecule has 0 saturated carbocycles. The molecule has 0 saturated heterocycles. The van der Waals surface area contributed by atoms with Crippen molar-refractivity contribution in [1.29, 1.82) is 0 Å². The smallest absolute Gasteiger partial charge is 0.307 e. The summed E-state index contributed by atoms with van der Waals surface area (Å²) >= 11 is 0. The molecule has 0 atom stereocenters. The Kier molecular flexibility index (Phi) is 24.1. The molecule has 14 nitrogen and oxygen atoms in total. The van der Waals surface area contributed by atoms with Crippen molar-refractivity contribution >= 4 is 17.8 Å². The third-order valence-electron chi connectivity index (χ3n) is 4.97. The number of hydrogen-bond acceptors (Lipinski definition) is 11. The molecule has 0 unspecified atom stereocenters. The Labute approximate surface area is 226 Å². The van der Waals surface area contributed by atoms with Crippen LogP contribution < -0.4 is 16.4 Å². The van der Waals surface area contributed by atoms with Gasteiger partial charge in [-0.15, -0.1) is 0 Å². The summed E-state index contributed by atoms with van der Waals surface area (Å²) in [6.45, 7) is 6.66. The number of ether oxygens (including phenoxy) is 7. The summed E-state index contributed by atoms with van der Waals surface area (Å²) in [7, 11) is 5.47. The van der Waals surface area contributed by atoms with E-state index in [2.05, 4.69) is 29.5 Å². The van der Waals surface area contributed by atoms with Gasteiger partial charge in [0.15, 0.2) is 0 Å². The van der Waals surface area contributed by atoms with Crippen LogP contribution in [0.3, 0.4) is 0 Å². The number of rotatable bonds is 27. The van der Waals surface area contributed by atoms with E-state index in [9.17, 15) is 14.4 Å². The topological polar surface area (TPSA) is 166 Å². The molecule has 4 N–H and O–H groups in total. The number of carbonyl (C=O) groups is 3. The third kappa shape index (κ3) is 25.7. The van der Waals surface area contributed by atoms with Gasteiger partial charge in [-0.2, -0.15) is 0 Å². The quantitative estimate of drug-likeness (QED) is 0.0580. The fourth-order valence-corrected chi connectivity index (χ4v) is 2.72. The van der Waals surface area contributed by atoms with E-state index in [-0.39, 0.29) is 44.0 Å². The van der Waals surface area contributed by atoms with Gasteiger partial charge in [0.1, 0.15) is 19.8 Å². The van der Waals surface area contributed by atoms with Gasteiger partial charge in [0, 0.05) is 13.1 Å². The molecule has 0 rings (SSSR count). The van der Waals surface area contributed by atoms with Gasteiger partial charge < -0.3 is 54.0 Å². The van der Waals surface area contributed by atoms with Crippen LogP contribution in [0.15, 0.2) is 0 Å². The fraction of sp³-hybridized carbons (Fsp3) is 0.875. The predicted octanol–water partition coefficient (Wildman–Crippen LogP) is -2.08. The maximum atomic E-state index is 11.9. The van der Waals surface area contributed by atoms with Crippen LogP contribution in [0.2, 0.25) is 0 Å². The molecule has 0 aliphatic carbocycles. The van der Waals surface area contributed by atoms with E-state index < -0.39 is 0 Å². The van der Waals surface area contributed by atoms with Crippen molar-refractivity contribution in [2.24, 2.45) is 5.73 Å². The van der Waals surface area contributed by atoms with Gasteiger partial charge in [-0.3, -0.25) is 14.4 Å². The molecule has 0 fully saturated rings. The zero-order chi connectivity index (χ0) is 28.3. The van der Waals surface area contributed by atoms with Gasteiger partial charge in [-0.25, -0.2) is 0 Å². The van der Waals surface area contributed by atoms with Crippen molar-refractivity contribution in [3.05, 3.63) is 0 Å². The second-order valence-electron chi connectivity index (χ2n) is 8.75. The average molecular weight is 554 g/mol. The summed E-state index contributed by atoms with van der Waals surface area (Å²) in [5.41, 5.74) is 5.29. The Morgan fingerprint density at radius 2 is 1.13 bits per heavy atom. The Morgan fingerprint density at radius 3 is 1.71 bits per heavy atom. The number of hydrogen-bond donors (Lipinski definition) is 3. The zero-order valence-electron chi connectivity index (χ0n) is 23.3. The lowest BCUT2D eigenvalue weighted by Crippen LogP contribution is -2.47. The zero-order valence-corrected chi connectivity index (χ0v) is 23.3. The van der Waals surface area contributed by atoms with E-state index in [1.165, 1.54) is 7.11 Å². The van der Waals surface area contributed by atoms with E-state index >= 15 is 0 Å².